The summed E-state index contributed by atoms with van der Waals surface area (Å²) in [6.07, 6.45) is 0. The summed E-state index contributed by atoms with van der Waals surface area (Å²) in [7, 11) is 0. The molecule has 0 aromatic heterocycles. The lowest BCUT2D eigenvalue weighted by molar-refractivity contribution is 0.660. The van der Waals surface area contributed by atoms with E-state index in [4.69, 9.17) is 0 Å². The van der Waals surface area contributed by atoms with Gasteiger partial charge in [-0.05, 0) is 173 Å². The maximum atomic E-state index is 2.50. The van der Waals surface area contributed by atoms with E-state index in [0.717, 1.165) is 0 Å². The summed E-state index contributed by atoms with van der Waals surface area (Å²) in [6.45, 7) is 4.75. The molecule has 1 aliphatic rings. The van der Waals surface area contributed by atoms with Gasteiger partial charge in [-0.15, -0.1) is 0 Å². The molecule has 332 valence electrons. The zero-order valence-corrected chi connectivity index (χ0v) is 39.7. The molecule has 14 rings (SSSR count). The van der Waals surface area contributed by atoms with Crippen LogP contribution in [0.1, 0.15) is 25.0 Å². The van der Waals surface area contributed by atoms with Gasteiger partial charge in [0.1, 0.15) is 0 Å². The van der Waals surface area contributed by atoms with Gasteiger partial charge in [0.15, 0.2) is 0 Å². The molecule has 71 heavy (non-hydrogen) atoms. The molecule has 13 aromatic rings. The molecule has 0 radical (unpaired) electrons. The number of benzene rings is 13. The van der Waals surface area contributed by atoms with Gasteiger partial charge in [-0.2, -0.15) is 0 Å². The van der Waals surface area contributed by atoms with E-state index >= 15 is 0 Å². The highest BCUT2D eigenvalue weighted by Crippen LogP contribution is 2.53. The predicted molar refractivity (Wildman–Crippen MR) is 304 cm³/mol. The normalized spacial score (nSPS) is 12.8. The smallest absolute Gasteiger partial charge is 0.0159 e. The molecule has 0 amide bonds. The van der Waals surface area contributed by atoms with Gasteiger partial charge < -0.3 is 0 Å². The van der Waals surface area contributed by atoms with Crippen molar-refractivity contribution in [2.24, 2.45) is 0 Å². The van der Waals surface area contributed by atoms with Gasteiger partial charge in [-0.3, -0.25) is 0 Å². The van der Waals surface area contributed by atoms with E-state index in [1.54, 1.807) is 0 Å². The summed E-state index contributed by atoms with van der Waals surface area (Å²) in [6, 6.07) is 95.2. The minimum atomic E-state index is -0.0963. The van der Waals surface area contributed by atoms with Crippen LogP contribution in [0.4, 0.5) is 0 Å². The summed E-state index contributed by atoms with van der Waals surface area (Å²) in [4.78, 5) is 0. The fourth-order valence-electron chi connectivity index (χ4n) is 12.3. The standard InChI is InChI=1S/C71H48/c1-71(2)65-33-19-18-28-55(65)56-39-36-52(44-66(56)71)68-59-31-16-14-29-57(59)67(58-30-15-17-32-60(58)68)51-35-38-54-53-37-34-50(62-41-49-27-13-12-26-48(49)40-61(62)45-20-6-3-7-21-45)42-63(53)69(46-22-8-4-9-23-46)70(64(54)43-51)47-24-10-5-11-25-47/h3-44H,1-2H3. The molecule has 0 heterocycles. The quantitative estimate of drug-likeness (QED) is 0.115. The van der Waals surface area contributed by atoms with Gasteiger partial charge in [0, 0.05) is 5.41 Å². The first kappa shape index (κ1) is 41.2. The highest BCUT2D eigenvalue weighted by molar-refractivity contribution is 6.25. The van der Waals surface area contributed by atoms with E-state index in [1.807, 2.05) is 0 Å². The highest BCUT2D eigenvalue weighted by Gasteiger charge is 2.35. The van der Waals surface area contributed by atoms with Crippen molar-refractivity contribution in [1.82, 2.24) is 0 Å². The zero-order valence-electron chi connectivity index (χ0n) is 39.7. The zero-order chi connectivity index (χ0) is 47.2. The third-order valence-electron chi connectivity index (χ3n) is 15.6. The van der Waals surface area contributed by atoms with Crippen LogP contribution in [0.25, 0.3) is 132 Å². The van der Waals surface area contributed by atoms with Crippen molar-refractivity contribution in [3.63, 3.8) is 0 Å². The maximum Gasteiger partial charge on any atom is 0.0159 e. The van der Waals surface area contributed by atoms with Gasteiger partial charge in [0.25, 0.3) is 0 Å². The molecular formula is C71H48. The number of rotatable bonds is 6. The largest absolute Gasteiger partial charge is 0.0622 e. The molecule has 0 atom stereocenters. The molecule has 0 saturated carbocycles. The number of hydrogen-bond donors (Lipinski definition) is 0. The lowest BCUT2D eigenvalue weighted by atomic mass is 9.80. The van der Waals surface area contributed by atoms with Crippen molar-refractivity contribution in [3.05, 3.63) is 266 Å². The summed E-state index contributed by atoms with van der Waals surface area (Å²) < 4.78 is 0. The second kappa shape index (κ2) is 16.1. The molecule has 0 spiro atoms. The van der Waals surface area contributed by atoms with E-state index < -0.39 is 0 Å². The third kappa shape index (κ3) is 6.45. The molecule has 0 fully saturated rings. The van der Waals surface area contributed by atoms with E-state index in [1.165, 1.54) is 143 Å². The molecular weight excluding hydrogens is 853 g/mol. The van der Waals surface area contributed by atoms with Crippen molar-refractivity contribution in [1.29, 1.82) is 0 Å². The van der Waals surface area contributed by atoms with E-state index in [0.29, 0.717) is 0 Å². The van der Waals surface area contributed by atoms with Crippen LogP contribution in [0.3, 0.4) is 0 Å². The van der Waals surface area contributed by atoms with E-state index in [9.17, 15) is 0 Å². The summed E-state index contributed by atoms with van der Waals surface area (Å²) >= 11 is 0. The Kier molecular flexibility index (Phi) is 9.35. The Labute approximate surface area is 414 Å². The monoisotopic (exact) mass is 900 g/mol. The summed E-state index contributed by atoms with van der Waals surface area (Å²) in [5, 5.41) is 12.5. The Balaban J connectivity index is 1.04. The molecule has 0 aliphatic heterocycles. The van der Waals surface area contributed by atoms with Crippen LogP contribution < -0.4 is 0 Å². The number of hydrogen-bond acceptors (Lipinski definition) is 0. The van der Waals surface area contributed by atoms with Crippen LogP contribution in [-0.4, -0.2) is 0 Å². The molecule has 0 unspecified atom stereocenters. The van der Waals surface area contributed by atoms with Crippen LogP contribution in [0.5, 0.6) is 0 Å². The molecule has 0 N–H and O–H groups in total. The first-order valence-corrected chi connectivity index (χ1v) is 24.9. The van der Waals surface area contributed by atoms with Crippen molar-refractivity contribution >= 4 is 53.9 Å². The average molecular weight is 901 g/mol. The van der Waals surface area contributed by atoms with Gasteiger partial charge in [-0.25, -0.2) is 0 Å². The minimum Gasteiger partial charge on any atom is -0.0622 e. The predicted octanol–water partition coefficient (Wildman–Crippen LogP) is 19.8. The van der Waals surface area contributed by atoms with Crippen LogP contribution >= 0.6 is 0 Å². The summed E-state index contributed by atoms with van der Waals surface area (Å²) in [5.41, 5.74) is 20.1. The SMILES string of the molecule is CC1(C)c2ccccc2-c2ccc(-c3c4ccccc4c(-c4ccc5c(c4)c(-c4ccccc4)c(-c4ccccc4)c4cc(-c6cc7ccccc7cc6-c6ccccc6)ccc45)c4ccccc34)cc21. The second-order valence-electron chi connectivity index (χ2n) is 19.9. The Morgan fingerprint density at radius 3 is 1.15 bits per heavy atom. The maximum absolute atomic E-state index is 2.50. The van der Waals surface area contributed by atoms with Crippen molar-refractivity contribution in [2.75, 3.05) is 0 Å². The highest BCUT2D eigenvalue weighted by atomic mass is 14.4. The molecule has 0 saturated heterocycles. The number of fused-ring (bicyclic) bond motifs is 9. The summed E-state index contributed by atoms with van der Waals surface area (Å²) in [5.74, 6) is 0. The van der Waals surface area contributed by atoms with E-state index in [-0.39, 0.29) is 5.41 Å². The minimum absolute atomic E-state index is 0.0963. The van der Waals surface area contributed by atoms with Crippen molar-refractivity contribution in [2.45, 2.75) is 19.3 Å². The van der Waals surface area contributed by atoms with E-state index in [2.05, 4.69) is 269 Å². The van der Waals surface area contributed by atoms with Gasteiger partial charge in [0.05, 0.1) is 0 Å². The van der Waals surface area contributed by atoms with Crippen LogP contribution in [0, 0.1) is 0 Å². The Morgan fingerprint density at radius 2 is 0.606 bits per heavy atom. The Morgan fingerprint density at radius 1 is 0.211 bits per heavy atom. The molecule has 0 heteroatoms. The molecule has 0 bridgehead atoms. The second-order valence-corrected chi connectivity index (χ2v) is 19.9. The van der Waals surface area contributed by atoms with Gasteiger partial charge in [0.2, 0.25) is 0 Å². The Hall–Kier alpha value is -8.84. The molecule has 13 aromatic carbocycles. The molecule has 0 nitrogen and oxygen atoms in total. The van der Waals surface area contributed by atoms with Gasteiger partial charge >= 0.3 is 0 Å². The lowest BCUT2D eigenvalue weighted by Gasteiger charge is -2.23. The lowest BCUT2D eigenvalue weighted by Crippen LogP contribution is -2.14. The van der Waals surface area contributed by atoms with Crippen molar-refractivity contribution in [3.8, 4) is 77.9 Å². The van der Waals surface area contributed by atoms with Crippen LogP contribution in [0.15, 0.2) is 255 Å². The Bertz CT molecular complexity index is 4220. The van der Waals surface area contributed by atoms with Gasteiger partial charge in [-0.1, -0.05) is 238 Å². The fraction of sp³-hybridized carbons (Fsp3) is 0.0423. The van der Waals surface area contributed by atoms with Crippen molar-refractivity contribution < 1.29 is 0 Å². The third-order valence-corrected chi connectivity index (χ3v) is 15.6. The van der Waals surface area contributed by atoms with Crippen LogP contribution in [-0.2, 0) is 5.41 Å². The van der Waals surface area contributed by atoms with Crippen LogP contribution in [0.2, 0.25) is 0 Å². The average Bonchev–Trinajstić information content (AvgIpc) is 3.66. The topological polar surface area (TPSA) is 0 Å². The fourth-order valence-corrected chi connectivity index (χ4v) is 12.3. The first-order valence-electron chi connectivity index (χ1n) is 24.9. The molecule has 1 aliphatic carbocycles. The first-order chi connectivity index (χ1) is 35.0.